The van der Waals surface area contributed by atoms with E-state index in [9.17, 15) is 9.90 Å². The lowest BCUT2D eigenvalue weighted by atomic mass is 9.92. The predicted octanol–water partition coefficient (Wildman–Crippen LogP) is 4.48. The fraction of sp³-hybridized carbons (Fsp3) is 0.480. The van der Waals surface area contributed by atoms with Crippen molar-refractivity contribution in [2.45, 2.75) is 26.9 Å². The summed E-state index contributed by atoms with van der Waals surface area (Å²) in [5, 5.41) is 10.0. The van der Waals surface area contributed by atoms with Crippen molar-refractivity contribution < 1.29 is 28.8 Å². The second kappa shape index (κ2) is 12.1. The van der Waals surface area contributed by atoms with Gasteiger partial charge in [-0.25, -0.2) is 0 Å². The summed E-state index contributed by atoms with van der Waals surface area (Å²) in [6.07, 6.45) is -0.574. The highest BCUT2D eigenvalue weighted by atomic mass is 35.5. The zero-order valence-corrected chi connectivity index (χ0v) is 20.9. The average Bonchev–Trinajstić information content (AvgIpc) is 2.77. The minimum Gasteiger partial charge on any atom is -0.493 e. The highest BCUT2D eigenvalue weighted by Gasteiger charge is 2.28. The molecule has 182 valence electrons. The lowest BCUT2D eigenvalue weighted by Crippen LogP contribution is -2.36. The van der Waals surface area contributed by atoms with Crippen LogP contribution in [0.1, 0.15) is 38.0 Å². The molecule has 0 amide bonds. The largest absolute Gasteiger partial charge is 0.493 e. The minimum absolute atomic E-state index is 0.124. The SMILES string of the molecule is COc1cccc(C(OCCO)c2cc(Cl)ccc2N(C)CC(C)(C)COC(C)=O)c1OC. The van der Waals surface area contributed by atoms with Gasteiger partial charge in [0, 0.05) is 47.8 Å². The molecule has 1 unspecified atom stereocenters. The first-order valence-electron chi connectivity index (χ1n) is 10.7. The molecule has 33 heavy (non-hydrogen) atoms. The molecule has 0 saturated carbocycles. The summed E-state index contributed by atoms with van der Waals surface area (Å²) in [5.41, 5.74) is 2.16. The fourth-order valence-corrected chi connectivity index (χ4v) is 3.97. The van der Waals surface area contributed by atoms with E-state index >= 15 is 0 Å². The summed E-state index contributed by atoms with van der Waals surface area (Å²) < 4.78 is 22.5. The standard InChI is InChI=1S/C25H34ClNO6/c1-17(29)33-16-25(2,3)15-27(4)21-11-10-18(26)14-20(21)23(32-13-12-28)19-8-7-9-22(30-5)24(19)31-6/h7-11,14,23,28H,12-13,15-16H2,1-6H3. The summed E-state index contributed by atoms with van der Waals surface area (Å²) >= 11 is 6.40. The fourth-order valence-electron chi connectivity index (χ4n) is 3.79. The predicted molar refractivity (Wildman–Crippen MR) is 130 cm³/mol. The average molecular weight is 480 g/mol. The molecule has 1 atom stereocenters. The van der Waals surface area contributed by atoms with Crippen LogP contribution in [0.5, 0.6) is 11.5 Å². The molecular weight excluding hydrogens is 446 g/mol. The van der Waals surface area contributed by atoms with Gasteiger partial charge in [0.25, 0.3) is 0 Å². The number of carbonyl (C=O) groups is 1. The van der Waals surface area contributed by atoms with E-state index in [1.807, 2.05) is 57.3 Å². The highest BCUT2D eigenvalue weighted by molar-refractivity contribution is 6.30. The number of rotatable bonds is 12. The molecule has 0 spiro atoms. The second-order valence-corrected chi connectivity index (χ2v) is 9.00. The van der Waals surface area contributed by atoms with Crippen molar-refractivity contribution in [3.63, 3.8) is 0 Å². The van der Waals surface area contributed by atoms with Gasteiger partial charge in [0.2, 0.25) is 0 Å². The van der Waals surface area contributed by atoms with Gasteiger partial charge < -0.3 is 29.0 Å². The van der Waals surface area contributed by atoms with Gasteiger partial charge in [0.1, 0.15) is 6.10 Å². The highest BCUT2D eigenvalue weighted by Crippen LogP contribution is 2.42. The smallest absolute Gasteiger partial charge is 0.302 e. The number of aliphatic hydroxyl groups excluding tert-OH is 1. The number of hydrogen-bond acceptors (Lipinski definition) is 7. The lowest BCUT2D eigenvalue weighted by Gasteiger charge is -2.34. The van der Waals surface area contributed by atoms with Crippen LogP contribution in [0.25, 0.3) is 0 Å². The van der Waals surface area contributed by atoms with E-state index in [1.54, 1.807) is 14.2 Å². The molecule has 2 rings (SSSR count). The van der Waals surface area contributed by atoms with Crippen molar-refractivity contribution >= 4 is 23.3 Å². The van der Waals surface area contributed by atoms with Crippen LogP contribution in [-0.4, -0.2) is 58.7 Å². The normalized spacial score (nSPS) is 12.2. The number of hydrogen-bond donors (Lipinski definition) is 1. The maximum Gasteiger partial charge on any atom is 0.302 e. The van der Waals surface area contributed by atoms with E-state index in [4.69, 9.17) is 30.5 Å². The monoisotopic (exact) mass is 479 g/mol. The van der Waals surface area contributed by atoms with Crippen LogP contribution in [0.3, 0.4) is 0 Å². The van der Waals surface area contributed by atoms with E-state index < -0.39 is 6.10 Å². The summed E-state index contributed by atoms with van der Waals surface area (Å²) in [7, 11) is 5.12. The number of halogens is 1. The van der Waals surface area contributed by atoms with Crippen molar-refractivity contribution in [2.24, 2.45) is 5.41 Å². The molecule has 0 aliphatic heterocycles. The molecule has 7 nitrogen and oxygen atoms in total. The Balaban J connectivity index is 2.53. The van der Waals surface area contributed by atoms with Gasteiger partial charge in [-0.1, -0.05) is 37.6 Å². The molecule has 0 radical (unpaired) electrons. The molecular formula is C25H34ClNO6. The molecule has 0 aliphatic rings. The van der Waals surface area contributed by atoms with Crippen molar-refractivity contribution in [3.05, 3.63) is 52.5 Å². The van der Waals surface area contributed by atoms with Gasteiger partial charge in [-0.3, -0.25) is 4.79 Å². The van der Waals surface area contributed by atoms with E-state index in [-0.39, 0.29) is 24.6 Å². The number of methoxy groups -OCH3 is 2. The van der Waals surface area contributed by atoms with E-state index in [2.05, 4.69) is 4.90 Å². The third-order valence-electron chi connectivity index (χ3n) is 5.11. The Labute approximate surface area is 201 Å². The van der Waals surface area contributed by atoms with Crippen LogP contribution in [0.2, 0.25) is 5.02 Å². The van der Waals surface area contributed by atoms with Crippen LogP contribution in [-0.2, 0) is 14.3 Å². The van der Waals surface area contributed by atoms with E-state index in [0.29, 0.717) is 29.7 Å². The van der Waals surface area contributed by atoms with E-state index in [0.717, 1.165) is 16.8 Å². The van der Waals surface area contributed by atoms with Gasteiger partial charge in [-0.05, 0) is 24.3 Å². The summed E-state index contributed by atoms with van der Waals surface area (Å²) in [6.45, 7) is 6.37. The third-order valence-corrected chi connectivity index (χ3v) is 5.34. The molecule has 0 saturated heterocycles. The van der Waals surface area contributed by atoms with Gasteiger partial charge in [-0.15, -0.1) is 0 Å². The number of esters is 1. The van der Waals surface area contributed by atoms with Crippen LogP contribution in [0.15, 0.2) is 36.4 Å². The van der Waals surface area contributed by atoms with E-state index in [1.165, 1.54) is 6.92 Å². The van der Waals surface area contributed by atoms with Crippen molar-refractivity contribution in [1.29, 1.82) is 0 Å². The van der Waals surface area contributed by atoms with Crippen LogP contribution >= 0.6 is 11.6 Å². The lowest BCUT2D eigenvalue weighted by molar-refractivity contribution is -0.143. The van der Waals surface area contributed by atoms with Gasteiger partial charge in [0.05, 0.1) is 34.0 Å². The zero-order valence-electron chi connectivity index (χ0n) is 20.2. The molecule has 0 heterocycles. The van der Waals surface area contributed by atoms with Gasteiger partial charge in [-0.2, -0.15) is 0 Å². The molecule has 2 aromatic rings. The summed E-state index contributed by atoms with van der Waals surface area (Å²) in [5.74, 6) is 0.819. The molecule has 0 aliphatic carbocycles. The second-order valence-electron chi connectivity index (χ2n) is 8.56. The molecule has 1 N–H and O–H groups in total. The summed E-state index contributed by atoms with van der Waals surface area (Å²) in [6, 6.07) is 11.2. The minimum atomic E-state index is -0.574. The molecule has 0 bridgehead atoms. The molecule has 0 fully saturated rings. The first kappa shape index (κ1) is 26.8. The number of para-hydroxylation sites is 1. The number of anilines is 1. The molecule has 8 heteroatoms. The Hall–Kier alpha value is -2.48. The van der Waals surface area contributed by atoms with Crippen molar-refractivity contribution in [2.75, 3.05) is 52.5 Å². The maximum atomic E-state index is 11.3. The number of carbonyl (C=O) groups excluding carboxylic acids is 1. The number of benzene rings is 2. The maximum absolute atomic E-state index is 11.3. The first-order valence-corrected chi connectivity index (χ1v) is 11.1. The number of aliphatic hydroxyl groups is 1. The van der Waals surface area contributed by atoms with Gasteiger partial charge in [0.15, 0.2) is 11.5 Å². The number of nitrogens with zero attached hydrogens (tertiary/aromatic N) is 1. The van der Waals surface area contributed by atoms with Crippen molar-refractivity contribution in [1.82, 2.24) is 0 Å². The summed E-state index contributed by atoms with van der Waals surface area (Å²) in [4.78, 5) is 13.4. The van der Waals surface area contributed by atoms with Crippen molar-refractivity contribution in [3.8, 4) is 11.5 Å². The van der Waals surface area contributed by atoms with Crippen LogP contribution in [0, 0.1) is 5.41 Å². The Morgan fingerprint density at radius 3 is 2.48 bits per heavy atom. The van der Waals surface area contributed by atoms with Crippen LogP contribution in [0.4, 0.5) is 5.69 Å². The topological polar surface area (TPSA) is 77.5 Å². The Bertz CT molecular complexity index is 933. The quantitative estimate of drug-likeness (QED) is 0.449. The zero-order chi connectivity index (χ0) is 24.6. The Morgan fingerprint density at radius 1 is 1.15 bits per heavy atom. The first-order chi connectivity index (χ1) is 15.6. The third kappa shape index (κ3) is 7.25. The van der Waals surface area contributed by atoms with Gasteiger partial charge >= 0.3 is 5.97 Å². The van der Waals surface area contributed by atoms with Crippen LogP contribution < -0.4 is 14.4 Å². The Kier molecular flexibility index (Phi) is 9.83. The Morgan fingerprint density at radius 2 is 1.88 bits per heavy atom. The molecule has 0 aromatic heterocycles. The number of ether oxygens (including phenoxy) is 4. The molecule has 2 aromatic carbocycles.